The summed E-state index contributed by atoms with van der Waals surface area (Å²) in [5.41, 5.74) is 13.7. The van der Waals surface area contributed by atoms with E-state index in [1.807, 2.05) is 37.4 Å². The van der Waals surface area contributed by atoms with Crippen molar-refractivity contribution in [3.63, 3.8) is 0 Å². The van der Waals surface area contributed by atoms with E-state index in [1.54, 1.807) is 0 Å². The summed E-state index contributed by atoms with van der Waals surface area (Å²) in [4.78, 5) is 24.2. The normalized spacial score (nSPS) is 14.0. The fraction of sp³-hybridized carbons (Fsp3) is 0.278. The zero-order chi connectivity index (χ0) is 17.6. The summed E-state index contributed by atoms with van der Waals surface area (Å²) in [6.07, 6.45) is 2.52. The summed E-state index contributed by atoms with van der Waals surface area (Å²) in [7, 11) is 2.00. The third kappa shape index (κ3) is 2.91. The number of nitrogen functional groups attached to an aromatic ring is 1. The lowest BCUT2D eigenvalue weighted by atomic mass is 10.1. The van der Waals surface area contributed by atoms with Gasteiger partial charge in [0.25, 0.3) is 5.91 Å². The second-order valence-electron chi connectivity index (χ2n) is 6.45. The molecule has 25 heavy (non-hydrogen) atoms. The molecule has 128 valence electrons. The van der Waals surface area contributed by atoms with Crippen LogP contribution < -0.4 is 16.4 Å². The first-order valence-electron chi connectivity index (χ1n) is 8.21. The summed E-state index contributed by atoms with van der Waals surface area (Å²) in [5.74, 6) is 0.835. The van der Waals surface area contributed by atoms with Crippen molar-refractivity contribution in [2.24, 2.45) is 11.7 Å². The van der Waals surface area contributed by atoms with Gasteiger partial charge in [0.05, 0.1) is 16.8 Å². The van der Waals surface area contributed by atoms with Crippen LogP contribution in [0.2, 0.25) is 0 Å². The number of fused-ring (bicyclic) bond motifs is 1. The lowest BCUT2D eigenvalue weighted by Gasteiger charge is -2.18. The second-order valence-corrected chi connectivity index (χ2v) is 7.45. The molecule has 0 saturated heterocycles. The van der Waals surface area contributed by atoms with E-state index in [-0.39, 0.29) is 0 Å². The van der Waals surface area contributed by atoms with Crippen LogP contribution in [-0.4, -0.2) is 29.5 Å². The van der Waals surface area contributed by atoms with Crippen molar-refractivity contribution >= 4 is 39.1 Å². The van der Waals surface area contributed by atoms with Gasteiger partial charge < -0.3 is 16.4 Å². The van der Waals surface area contributed by atoms with E-state index >= 15 is 0 Å². The van der Waals surface area contributed by atoms with Crippen LogP contribution >= 0.6 is 11.3 Å². The number of aromatic nitrogens is 2. The Morgan fingerprint density at radius 3 is 2.64 bits per heavy atom. The van der Waals surface area contributed by atoms with E-state index in [0.29, 0.717) is 26.7 Å². The fourth-order valence-corrected chi connectivity index (χ4v) is 3.88. The Bertz CT molecular complexity index is 949. The van der Waals surface area contributed by atoms with Crippen molar-refractivity contribution in [3.05, 3.63) is 35.2 Å². The number of hydrogen-bond donors (Lipinski definition) is 2. The number of carbonyl (C=O) groups excluding carboxylic acids is 1. The first-order valence-corrected chi connectivity index (χ1v) is 9.02. The van der Waals surface area contributed by atoms with E-state index in [2.05, 4.69) is 9.88 Å². The van der Waals surface area contributed by atoms with Gasteiger partial charge in [0, 0.05) is 19.2 Å². The summed E-state index contributed by atoms with van der Waals surface area (Å²) in [5, 5.41) is 0.702. The highest BCUT2D eigenvalue weighted by atomic mass is 32.1. The van der Waals surface area contributed by atoms with Crippen LogP contribution in [-0.2, 0) is 0 Å². The molecule has 1 saturated carbocycles. The lowest BCUT2D eigenvalue weighted by Crippen LogP contribution is -2.22. The van der Waals surface area contributed by atoms with Gasteiger partial charge in [0.1, 0.15) is 9.71 Å². The van der Waals surface area contributed by atoms with Crippen LogP contribution in [0.15, 0.2) is 30.3 Å². The number of thiophene rings is 1. The van der Waals surface area contributed by atoms with Gasteiger partial charge in [-0.15, -0.1) is 11.3 Å². The number of carbonyl (C=O) groups is 1. The van der Waals surface area contributed by atoms with Gasteiger partial charge in [-0.05, 0) is 18.8 Å². The van der Waals surface area contributed by atoms with Crippen LogP contribution in [0.1, 0.15) is 22.5 Å². The average Bonchev–Trinajstić information content (AvgIpc) is 3.36. The minimum absolute atomic E-state index is 0.337. The van der Waals surface area contributed by atoms with Crippen molar-refractivity contribution in [1.82, 2.24) is 9.97 Å². The summed E-state index contributed by atoms with van der Waals surface area (Å²) < 4.78 is 0. The van der Waals surface area contributed by atoms with Crippen molar-refractivity contribution in [3.8, 4) is 11.3 Å². The molecule has 1 fully saturated rings. The molecular weight excluding hydrogens is 334 g/mol. The van der Waals surface area contributed by atoms with E-state index in [9.17, 15) is 4.79 Å². The van der Waals surface area contributed by atoms with Crippen LogP contribution in [0, 0.1) is 5.92 Å². The molecule has 1 aromatic carbocycles. The second kappa shape index (κ2) is 6.00. The first kappa shape index (κ1) is 15.8. The Labute approximate surface area is 149 Å². The molecule has 0 radical (unpaired) electrons. The number of anilines is 2. The summed E-state index contributed by atoms with van der Waals surface area (Å²) in [6.45, 7) is 0.934. The van der Waals surface area contributed by atoms with Crippen LogP contribution in [0.25, 0.3) is 21.5 Å². The maximum Gasteiger partial charge on any atom is 0.260 e. The molecule has 0 bridgehead atoms. The molecule has 1 amide bonds. The molecule has 7 heteroatoms. The Kier molecular flexibility index (Phi) is 3.80. The average molecular weight is 353 g/mol. The predicted molar refractivity (Wildman–Crippen MR) is 102 cm³/mol. The Morgan fingerprint density at radius 2 is 2.00 bits per heavy atom. The number of nitrogens with two attached hydrogens (primary N) is 2. The minimum atomic E-state index is -0.535. The van der Waals surface area contributed by atoms with Crippen molar-refractivity contribution in [2.75, 3.05) is 24.2 Å². The molecule has 2 aromatic heterocycles. The van der Waals surface area contributed by atoms with Crippen molar-refractivity contribution in [2.45, 2.75) is 12.8 Å². The van der Waals surface area contributed by atoms with Crippen LogP contribution in [0.3, 0.4) is 0 Å². The number of amides is 1. The van der Waals surface area contributed by atoms with Crippen molar-refractivity contribution in [1.29, 1.82) is 0 Å². The third-order valence-electron chi connectivity index (χ3n) is 4.42. The van der Waals surface area contributed by atoms with Crippen molar-refractivity contribution < 1.29 is 4.79 Å². The predicted octanol–water partition coefficient (Wildman–Crippen LogP) is 2.89. The Hall–Kier alpha value is -2.67. The molecule has 6 nitrogen and oxygen atoms in total. The number of rotatable bonds is 5. The quantitative estimate of drug-likeness (QED) is 0.735. The maximum absolute atomic E-state index is 11.7. The topological polar surface area (TPSA) is 98.1 Å². The fourth-order valence-electron chi connectivity index (χ4n) is 2.94. The molecule has 3 aromatic rings. The standard InChI is InChI=1S/C18H19N5OS/c1-23(9-10-7-8-10)18-21-14(11-5-3-2-4-6-11)12-13(19)15(16(20)24)25-17(12)22-18/h2-6,10H,7-9,19H2,1H3,(H2,20,24). The molecule has 1 aliphatic rings. The molecule has 1 aliphatic carbocycles. The molecule has 0 spiro atoms. The SMILES string of the molecule is CN(CC1CC1)c1nc(-c2ccccc2)c2c(N)c(C(N)=O)sc2n1. The smallest absolute Gasteiger partial charge is 0.260 e. The van der Waals surface area contributed by atoms with Gasteiger partial charge in [-0.3, -0.25) is 4.79 Å². The van der Waals surface area contributed by atoms with Gasteiger partial charge in [0.15, 0.2) is 0 Å². The monoisotopic (exact) mass is 353 g/mol. The van der Waals surface area contributed by atoms with E-state index in [4.69, 9.17) is 16.5 Å². The Morgan fingerprint density at radius 1 is 1.28 bits per heavy atom. The van der Waals surface area contributed by atoms with E-state index in [1.165, 1.54) is 24.2 Å². The van der Waals surface area contributed by atoms with Gasteiger partial charge >= 0.3 is 0 Å². The zero-order valence-corrected chi connectivity index (χ0v) is 14.7. The largest absolute Gasteiger partial charge is 0.397 e. The summed E-state index contributed by atoms with van der Waals surface area (Å²) in [6, 6.07) is 9.82. The number of nitrogens with zero attached hydrogens (tertiary/aromatic N) is 3. The molecule has 0 atom stereocenters. The number of hydrogen-bond acceptors (Lipinski definition) is 6. The van der Waals surface area contributed by atoms with E-state index in [0.717, 1.165) is 23.7 Å². The maximum atomic E-state index is 11.7. The number of benzene rings is 1. The van der Waals surface area contributed by atoms with Gasteiger partial charge in [-0.25, -0.2) is 9.97 Å². The lowest BCUT2D eigenvalue weighted by molar-refractivity contribution is 0.100. The van der Waals surface area contributed by atoms with Gasteiger partial charge in [-0.1, -0.05) is 30.3 Å². The first-order chi connectivity index (χ1) is 12.0. The number of primary amides is 1. The molecule has 2 heterocycles. The van der Waals surface area contributed by atoms with Crippen LogP contribution in [0.4, 0.5) is 11.6 Å². The molecular formula is C18H19N5OS. The molecule has 0 unspecified atom stereocenters. The molecule has 4 N–H and O–H groups in total. The van der Waals surface area contributed by atoms with Crippen LogP contribution in [0.5, 0.6) is 0 Å². The highest BCUT2D eigenvalue weighted by molar-refractivity contribution is 7.21. The molecule has 0 aliphatic heterocycles. The van der Waals surface area contributed by atoms with E-state index < -0.39 is 5.91 Å². The Balaban J connectivity index is 1.93. The minimum Gasteiger partial charge on any atom is -0.397 e. The third-order valence-corrected chi connectivity index (χ3v) is 5.53. The summed E-state index contributed by atoms with van der Waals surface area (Å²) >= 11 is 1.23. The zero-order valence-electron chi connectivity index (χ0n) is 13.9. The van der Waals surface area contributed by atoms with Gasteiger partial charge in [0.2, 0.25) is 5.95 Å². The highest BCUT2D eigenvalue weighted by Gasteiger charge is 2.26. The highest BCUT2D eigenvalue weighted by Crippen LogP contribution is 2.39. The van der Waals surface area contributed by atoms with Gasteiger partial charge in [-0.2, -0.15) is 0 Å². The molecule has 4 rings (SSSR count).